The van der Waals surface area contributed by atoms with Crippen LogP contribution in [0.25, 0.3) is 0 Å². The second-order valence-corrected chi connectivity index (χ2v) is 3.04. The molecular formula is C8H14N2O2. The third-order valence-electron chi connectivity index (χ3n) is 2.38. The highest BCUT2D eigenvalue weighted by atomic mass is 16.5. The Morgan fingerprint density at radius 2 is 2.25 bits per heavy atom. The summed E-state index contributed by atoms with van der Waals surface area (Å²) < 4.78 is 5.37. The number of carbonyl (C=O) groups excluding carboxylic acids is 1. The average molecular weight is 170 g/mol. The molecule has 0 aromatic heterocycles. The quantitative estimate of drug-likeness (QED) is 0.482. The number of aliphatic imine (C=N–C) groups is 1. The number of piperidine rings is 1. The first-order chi connectivity index (χ1) is 5.83. The Bertz CT molecular complexity index is 181. The molecule has 0 atom stereocenters. The fourth-order valence-electron chi connectivity index (χ4n) is 1.49. The summed E-state index contributed by atoms with van der Waals surface area (Å²) in [4.78, 5) is 13.5. The summed E-state index contributed by atoms with van der Waals surface area (Å²) in [6.45, 7) is 2.30. The second kappa shape index (κ2) is 4.36. The van der Waals surface area contributed by atoms with Crippen molar-refractivity contribution in [1.82, 2.24) is 5.32 Å². The number of nitrogens with one attached hydrogen (secondary N) is 1. The summed E-state index contributed by atoms with van der Waals surface area (Å²) >= 11 is 0. The molecule has 0 amide bonds. The third kappa shape index (κ3) is 2.14. The van der Waals surface area contributed by atoms with Gasteiger partial charge in [-0.25, -0.2) is 9.79 Å². The van der Waals surface area contributed by atoms with Crippen LogP contribution in [0.4, 0.5) is 0 Å². The summed E-state index contributed by atoms with van der Waals surface area (Å²) in [6, 6.07) is 0. The second-order valence-electron chi connectivity index (χ2n) is 3.04. The number of hydrogen-bond donors (Lipinski definition) is 1. The van der Waals surface area contributed by atoms with Gasteiger partial charge in [0, 0.05) is 7.11 Å². The summed E-state index contributed by atoms with van der Waals surface area (Å²) in [6.07, 6.45) is 3.37. The largest absolute Gasteiger partial charge is 0.376 e. The molecule has 0 saturated carbocycles. The van der Waals surface area contributed by atoms with E-state index in [0.29, 0.717) is 6.54 Å². The Hall–Kier alpha value is -0.700. The van der Waals surface area contributed by atoms with E-state index in [4.69, 9.17) is 4.74 Å². The van der Waals surface area contributed by atoms with Crippen LogP contribution in [0.1, 0.15) is 12.8 Å². The van der Waals surface area contributed by atoms with Gasteiger partial charge in [0.05, 0.1) is 12.1 Å². The van der Waals surface area contributed by atoms with Gasteiger partial charge in [-0.3, -0.25) is 0 Å². The van der Waals surface area contributed by atoms with Gasteiger partial charge in [0.15, 0.2) is 0 Å². The maximum absolute atomic E-state index is 9.94. The average Bonchev–Trinajstić information content (AvgIpc) is 2.16. The van der Waals surface area contributed by atoms with Crippen molar-refractivity contribution >= 4 is 6.08 Å². The predicted octanol–water partition coefficient (Wildman–Crippen LogP) is 0.0908. The monoisotopic (exact) mass is 170 g/mol. The van der Waals surface area contributed by atoms with Crippen molar-refractivity contribution in [2.24, 2.45) is 4.99 Å². The van der Waals surface area contributed by atoms with Gasteiger partial charge in [-0.15, -0.1) is 0 Å². The van der Waals surface area contributed by atoms with Crippen molar-refractivity contribution in [3.8, 4) is 0 Å². The first-order valence-corrected chi connectivity index (χ1v) is 4.12. The van der Waals surface area contributed by atoms with E-state index in [1.165, 1.54) is 0 Å². The molecule has 0 unspecified atom stereocenters. The van der Waals surface area contributed by atoms with Crippen molar-refractivity contribution in [3.63, 3.8) is 0 Å². The smallest absolute Gasteiger partial charge is 0.235 e. The Morgan fingerprint density at radius 1 is 1.58 bits per heavy atom. The molecule has 0 spiro atoms. The zero-order valence-corrected chi connectivity index (χ0v) is 7.30. The lowest BCUT2D eigenvalue weighted by Gasteiger charge is -2.34. The third-order valence-corrected chi connectivity index (χ3v) is 2.38. The van der Waals surface area contributed by atoms with Gasteiger partial charge in [-0.2, -0.15) is 0 Å². The minimum absolute atomic E-state index is 0.220. The van der Waals surface area contributed by atoms with Crippen molar-refractivity contribution in [3.05, 3.63) is 0 Å². The van der Waals surface area contributed by atoms with Crippen molar-refractivity contribution in [2.75, 3.05) is 26.7 Å². The predicted molar refractivity (Wildman–Crippen MR) is 44.8 cm³/mol. The summed E-state index contributed by atoms with van der Waals surface area (Å²) in [7, 11) is 1.67. The van der Waals surface area contributed by atoms with Crippen LogP contribution in [0.3, 0.4) is 0 Å². The van der Waals surface area contributed by atoms with E-state index >= 15 is 0 Å². The summed E-state index contributed by atoms with van der Waals surface area (Å²) in [5, 5.41) is 3.23. The molecule has 1 aliphatic heterocycles. The maximum atomic E-state index is 9.94. The van der Waals surface area contributed by atoms with E-state index in [2.05, 4.69) is 10.3 Å². The van der Waals surface area contributed by atoms with Crippen molar-refractivity contribution in [2.45, 2.75) is 18.4 Å². The van der Waals surface area contributed by atoms with Gasteiger partial charge in [-0.05, 0) is 25.9 Å². The molecule has 0 aromatic carbocycles. The maximum Gasteiger partial charge on any atom is 0.235 e. The number of ether oxygens (including phenoxy) is 1. The van der Waals surface area contributed by atoms with Crippen LogP contribution in [-0.2, 0) is 9.53 Å². The fourth-order valence-corrected chi connectivity index (χ4v) is 1.49. The number of methoxy groups -OCH3 is 1. The molecule has 0 bridgehead atoms. The van der Waals surface area contributed by atoms with Gasteiger partial charge in [0.1, 0.15) is 0 Å². The molecule has 1 N–H and O–H groups in total. The highest BCUT2D eigenvalue weighted by molar-refractivity contribution is 5.33. The van der Waals surface area contributed by atoms with E-state index in [9.17, 15) is 4.79 Å². The lowest BCUT2D eigenvalue weighted by molar-refractivity contribution is -0.0255. The van der Waals surface area contributed by atoms with Crippen LogP contribution in [-0.4, -0.2) is 38.4 Å². The van der Waals surface area contributed by atoms with Crippen LogP contribution >= 0.6 is 0 Å². The lowest BCUT2D eigenvalue weighted by Crippen LogP contribution is -2.45. The molecule has 12 heavy (non-hydrogen) atoms. The van der Waals surface area contributed by atoms with E-state index < -0.39 is 0 Å². The Kier molecular flexibility index (Phi) is 3.41. The fraction of sp³-hybridized carbons (Fsp3) is 0.875. The zero-order valence-electron chi connectivity index (χ0n) is 7.30. The van der Waals surface area contributed by atoms with Gasteiger partial charge in [0.2, 0.25) is 6.08 Å². The molecule has 4 nitrogen and oxygen atoms in total. The lowest BCUT2D eigenvalue weighted by atomic mass is 9.92. The zero-order chi connectivity index (χ0) is 8.86. The first-order valence-electron chi connectivity index (χ1n) is 4.12. The SMILES string of the molecule is COC1(CN=C=O)CCNCC1. The highest BCUT2D eigenvalue weighted by Gasteiger charge is 2.31. The molecular weight excluding hydrogens is 156 g/mol. The number of rotatable bonds is 3. The van der Waals surface area contributed by atoms with Crippen LogP contribution in [0.2, 0.25) is 0 Å². The summed E-state index contributed by atoms with van der Waals surface area (Å²) in [5.74, 6) is 0. The molecule has 4 heteroatoms. The van der Waals surface area contributed by atoms with Crippen molar-refractivity contribution < 1.29 is 9.53 Å². The first kappa shape index (κ1) is 9.39. The van der Waals surface area contributed by atoms with Gasteiger partial charge < -0.3 is 10.1 Å². The van der Waals surface area contributed by atoms with Crippen LogP contribution in [0.15, 0.2) is 4.99 Å². The molecule has 1 aliphatic rings. The summed E-state index contributed by atoms with van der Waals surface area (Å²) in [5.41, 5.74) is -0.220. The standard InChI is InChI=1S/C8H14N2O2/c1-12-8(6-10-7-11)2-4-9-5-3-8/h9H,2-6H2,1H3. The Labute approximate surface area is 72.0 Å². The topological polar surface area (TPSA) is 50.7 Å². The minimum atomic E-state index is -0.220. The Morgan fingerprint density at radius 3 is 2.75 bits per heavy atom. The normalized spacial score (nSPS) is 21.4. The van der Waals surface area contributed by atoms with E-state index in [1.54, 1.807) is 13.2 Å². The molecule has 0 radical (unpaired) electrons. The number of nitrogens with zero attached hydrogens (tertiary/aromatic N) is 1. The van der Waals surface area contributed by atoms with E-state index in [0.717, 1.165) is 25.9 Å². The molecule has 1 fully saturated rings. The molecule has 0 aromatic rings. The number of hydrogen-bond acceptors (Lipinski definition) is 4. The number of isocyanates is 1. The molecule has 1 rings (SSSR count). The van der Waals surface area contributed by atoms with Crippen LogP contribution in [0, 0.1) is 0 Å². The highest BCUT2D eigenvalue weighted by Crippen LogP contribution is 2.22. The van der Waals surface area contributed by atoms with Gasteiger partial charge >= 0.3 is 0 Å². The molecule has 1 saturated heterocycles. The minimum Gasteiger partial charge on any atom is -0.376 e. The van der Waals surface area contributed by atoms with Gasteiger partial charge in [0.25, 0.3) is 0 Å². The molecule has 0 aliphatic carbocycles. The van der Waals surface area contributed by atoms with Crippen LogP contribution < -0.4 is 5.32 Å². The Balaban J connectivity index is 2.53. The molecule has 68 valence electrons. The van der Waals surface area contributed by atoms with Gasteiger partial charge in [-0.1, -0.05) is 0 Å². The van der Waals surface area contributed by atoms with Crippen LogP contribution in [0.5, 0.6) is 0 Å². The van der Waals surface area contributed by atoms with Crippen molar-refractivity contribution in [1.29, 1.82) is 0 Å². The molecule has 1 heterocycles. The van der Waals surface area contributed by atoms with E-state index in [1.807, 2.05) is 0 Å². The van der Waals surface area contributed by atoms with E-state index in [-0.39, 0.29) is 5.60 Å².